The van der Waals surface area contributed by atoms with Gasteiger partial charge in [0, 0.05) is 4.88 Å². The van der Waals surface area contributed by atoms with Crippen molar-refractivity contribution in [2.24, 2.45) is 5.10 Å². The van der Waals surface area contributed by atoms with Crippen LogP contribution in [0, 0.1) is 20.8 Å². The molecule has 0 saturated heterocycles. The summed E-state index contributed by atoms with van der Waals surface area (Å²) in [5.41, 5.74) is 6.33. The number of anilines is 1. The SMILES string of the molecule is Cc1ccc(/C=N\Nc2nc(C)c(C)s2)cc1. The van der Waals surface area contributed by atoms with Crippen molar-refractivity contribution in [1.82, 2.24) is 4.98 Å². The average molecular weight is 245 g/mol. The summed E-state index contributed by atoms with van der Waals surface area (Å²) in [5, 5.41) is 5.01. The molecule has 1 heterocycles. The number of aryl methyl sites for hydroxylation is 3. The van der Waals surface area contributed by atoms with Crippen molar-refractivity contribution in [1.29, 1.82) is 0 Å². The average Bonchev–Trinajstić information content (AvgIpc) is 2.61. The van der Waals surface area contributed by atoms with Gasteiger partial charge in [0.15, 0.2) is 0 Å². The second kappa shape index (κ2) is 5.10. The second-order valence-corrected chi connectivity index (χ2v) is 5.14. The minimum absolute atomic E-state index is 0.836. The lowest BCUT2D eigenvalue weighted by atomic mass is 10.2. The first-order chi connectivity index (χ1) is 8.15. The molecule has 88 valence electrons. The van der Waals surface area contributed by atoms with Crippen LogP contribution in [-0.2, 0) is 0 Å². The van der Waals surface area contributed by atoms with Gasteiger partial charge in [-0.25, -0.2) is 4.98 Å². The fourth-order valence-corrected chi connectivity index (χ4v) is 2.10. The largest absolute Gasteiger partial charge is 0.253 e. The first-order valence-corrected chi connectivity index (χ1v) is 6.26. The van der Waals surface area contributed by atoms with Crippen LogP contribution in [0.2, 0.25) is 0 Å². The molecule has 1 aromatic heterocycles. The van der Waals surface area contributed by atoms with E-state index >= 15 is 0 Å². The van der Waals surface area contributed by atoms with E-state index in [0.29, 0.717) is 0 Å². The van der Waals surface area contributed by atoms with Gasteiger partial charge in [-0.15, -0.1) is 11.3 Å². The molecule has 0 aliphatic rings. The zero-order valence-electron chi connectivity index (χ0n) is 10.2. The van der Waals surface area contributed by atoms with E-state index < -0.39 is 0 Å². The van der Waals surface area contributed by atoms with E-state index in [-0.39, 0.29) is 0 Å². The molecule has 17 heavy (non-hydrogen) atoms. The van der Waals surface area contributed by atoms with Gasteiger partial charge in [0.05, 0.1) is 11.9 Å². The summed E-state index contributed by atoms with van der Waals surface area (Å²) in [4.78, 5) is 5.57. The van der Waals surface area contributed by atoms with Crippen molar-refractivity contribution in [3.05, 3.63) is 46.0 Å². The van der Waals surface area contributed by atoms with Gasteiger partial charge in [-0.3, -0.25) is 5.43 Å². The van der Waals surface area contributed by atoms with Crippen LogP contribution in [0.5, 0.6) is 0 Å². The molecule has 0 aliphatic carbocycles. The summed E-state index contributed by atoms with van der Waals surface area (Å²) in [7, 11) is 0. The Morgan fingerprint density at radius 2 is 1.88 bits per heavy atom. The minimum atomic E-state index is 0.836. The molecule has 3 nitrogen and oxygen atoms in total. The lowest BCUT2D eigenvalue weighted by Gasteiger charge is -1.95. The maximum absolute atomic E-state index is 4.35. The maximum Gasteiger partial charge on any atom is 0.203 e. The second-order valence-electron chi connectivity index (χ2n) is 3.94. The molecule has 0 radical (unpaired) electrons. The zero-order chi connectivity index (χ0) is 12.3. The Balaban J connectivity index is 2.00. The van der Waals surface area contributed by atoms with Crippen LogP contribution in [0.3, 0.4) is 0 Å². The highest BCUT2D eigenvalue weighted by Gasteiger charge is 2.00. The van der Waals surface area contributed by atoms with Gasteiger partial charge in [-0.05, 0) is 26.3 Å². The molecule has 1 aromatic carbocycles. The van der Waals surface area contributed by atoms with E-state index in [2.05, 4.69) is 41.5 Å². The summed E-state index contributed by atoms with van der Waals surface area (Å²) in [6, 6.07) is 8.22. The smallest absolute Gasteiger partial charge is 0.203 e. The molecule has 0 fully saturated rings. The van der Waals surface area contributed by atoms with Crippen molar-refractivity contribution in [3.63, 3.8) is 0 Å². The summed E-state index contributed by atoms with van der Waals surface area (Å²) in [6.07, 6.45) is 1.80. The number of aromatic nitrogens is 1. The highest BCUT2D eigenvalue weighted by atomic mass is 32.1. The lowest BCUT2D eigenvalue weighted by Crippen LogP contribution is -1.90. The third-order valence-electron chi connectivity index (χ3n) is 2.48. The highest BCUT2D eigenvalue weighted by molar-refractivity contribution is 7.15. The normalized spacial score (nSPS) is 11.0. The van der Waals surface area contributed by atoms with Crippen LogP contribution >= 0.6 is 11.3 Å². The van der Waals surface area contributed by atoms with E-state index in [1.54, 1.807) is 17.6 Å². The zero-order valence-corrected chi connectivity index (χ0v) is 11.0. The molecule has 4 heteroatoms. The number of hydrogen-bond donors (Lipinski definition) is 1. The van der Waals surface area contributed by atoms with E-state index in [9.17, 15) is 0 Å². The molecule has 0 spiro atoms. The Morgan fingerprint density at radius 3 is 2.47 bits per heavy atom. The van der Waals surface area contributed by atoms with Gasteiger partial charge in [0.1, 0.15) is 0 Å². The Kier molecular flexibility index (Phi) is 3.54. The number of benzene rings is 1. The van der Waals surface area contributed by atoms with Gasteiger partial charge in [0.25, 0.3) is 0 Å². The standard InChI is InChI=1S/C13H15N3S/c1-9-4-6-12(7-5-9)8-14-16-13-15-10(2)11(3)17-13/h4-8H,1-3H3,(H,15,16)/b14-8-. The van der Waals surface area contributed by atoms with Crippen LogP contribution < -0.4 is 5.43 Å². The van der Waals surface area contributed by atoms with E-state index in [1.165, 1.54) is 10.4 Å². The van der Waals surface area contributed by atoms with Crippen molar-refractivity contribution in [2.75, 3.05) is 5.43 Å². The molecule has 0 atom stereocenters. The number of nitrogens with one attached hydrogen (secondary N) is 1. The van der Waals surface area contributed by atoms with Crippen molar-refractivity contribution in [3.8, 4) is 0 Å². The summed E-state index contributed by atoms with van der Waals surface area (Å²) in [5.74, 6) is 0. The fraction of sp³-hybridized carbons (Fsp3) is 0.231. The molecule has 0 bridgehead atoms. The quantitative estimate of drug-likeness (QED) is 0.663. The first kappa shape index (κ1) is 11.8. The van der Waals surface area contributed by atoms with E-state index in [1.807, 2.05) is 19.1 Å². The Bertz CT molecular complexity index is 507. The molecule has 2 aromatic rings. The van der Waals surface area contributed by atoms with Gasteiger partial charge >= 0.3 is 0 Å². The maximum atomic E-state index is 4.35. The van der Waals surface area contributed by atoms with Gasteiger partial charge in [-0.2, -0.15) is 5.10 Å². The Morgan fingerprint density at radius 1 is 1.18 bits per heavy atom. The molecule has 2 rings (SSSR count). The number of rotatable bonds is 3. The molecule has 0 unspecified atom stereocenters. The topological polar surface area (TPSA) is 37.3 Å². The third-order valence-corrected chi connectivity index (χ3v) is 3.46. The number of hydrogen-bond acceptors (Lipinski definition) is 4. The number of nitrogens with zero attached hydrogens (tertiary/aromatic N) is 2. The van der Waals surface area contributed by atoms with Crippen LogP contribution in [0.25, 0.3) is 0 Å². The van der Waals surface area contributed by atoms with Gasteiger partial charge in [0.2, 0.25) is 5.13 Å². The molecule has 1 N–H and O–H groups in total. The summed E-state index contributed by atoms with van der Waals surface area (Å²) >= 11 is 1.62. The predicted molar refractivity (Wildman–Crippen MR) is 74.0 cm³/mol. The predicted octanol–water partition coefficient (Wildman–Crippen LogP) is 3.51. The summed E-state index contributed by atoms with van der Waals surface area (Å²) < 4.78 is 0. The van der Waals surface area contributed by atoms with Gasteiger partial charge in [-0.1, -0.05) is 29.8 Å². The van der Waals surface area contributed by atoms with Crippen molar-refractivity contribution in [2.45, 2.75) is 20.8 Å². The van der Waals surface area contributed by atoms with E-state index in [4.69, 9.17) is 0 Å². The molecule has 0 aliphatic heterocycles. The molecular weight excluding hydrogens is 230 g/mol. The summed E-state index contributed by atoms with van der Waals surface area (Å²) in [6.45, 7) is 6.13. The Hall–Kier alpha value is -1.68. The monoisotopic (exact) mass is 245 g/mol. The number of hydrazone groups is 1. The van der Waals surface area contributed by atoms with E-state index in [0.717, 1.165) is 16.4 Å². The highest BCUT2D eigenvalue weighted by Crippen LogP contribution is 2.20. The van der Waals surface area contributed by atoms with Crippen LogP contribution in [-0.4, -0.2) is 11.2 Å². The molecule has 0 amide bonds. The van der Waals surface area contributed by atoms with Crippen LogP contribution in [0.15, 0.2) is 29.4 Å². The third kappa shape index (κ3) is 3.14. The van der Waals surface area contributed by atoms with Crippen molar-refractivity contribution >= 4 is 22.7 Å². The molecular formula is C13H15N3S. The Labute approximate surface area is 105 Å². The fourth-order valence-electron chi connectivity index (χ4n) is 1.34. The van der Waals surface area contributed by atoms with Gasteiger partial charge < -0.3 is 0 Å². The number of thiazole rings is 1. The first-order valence-electron chi connectivity index (χ1n) is 5.45. The van der Waals surface area contributed by atoms with Crippen LogP contribution in [0.4, 0.5) is 5.13 Å². The lowest BCUT2D eigenvalue weighted by molar-refractivity contribution is 1.20. The molecule has 0 saturated carbocycles. The van der Waals surface area contributed by atoms with Crippen LogP contribution in [0.1, 0.15) is 21.7 Å². The van der Waals surface area contributed by atoms with Crippen molar-refractivity contribution < 1.29 is 0 Å². The minimum Gasteiger partial charge on any atom is -0.253 e.